The molecule has 13 heavy (non-hydrogen) atoms. The molecule has 1 nitrogen and oxygen atoms in total. The van der Waals surface area contributed by atoms with Gasteiger partial charge in [0.05, 0.1) is 0 Å². The summed E-state index contributed by atoms with van der Waals surface area (Å²) in [6, 6.07) is 4.25. The van der Waals surface area contributed by atoms with Crippen LogP contribution in [-0.4, -0.2) is 6.10 Å². The monoisotopic (exact) mass is 300 g/mol. The molecule has 0 radical (unpaired) electrons. The minimum atomic E-state index is 0.310. The van der Waals surface area contributed by atoms with E-state index in [4.69, 9.17) is 4.74 Å². The smallest absolute Gasteiger partial charge is 0.114 e. The van der Waals surface area contributed by atoms with Gasteiger partial charge < -0.3 is 4.74 Å². The summed E-state index contributed by atoms with van der Waals surface area (Å²) < 4.78 is 7.66. The van der Waals surface area contributed by atoms with E-state index < -0.39 is 0 Å². The van der Waals surface area contributed by atoms with E-state index in [9.17, 15) is 0 Å². The van der Waals surface area contributed by atoms with Crippen molar-refractivity contribution in [1.29, 1.82) is 0 Å². The second-order valence-corrected chi connectivity index (χ2v) is 4.98. The van der Waals surface area contributed by atoms with Crippen LogP contribution in [0.4, 0.5) is 0 Å². The zero-order valence-electron chi connectivity index (χ0n) is 6.63. The molecule has 0 spiro atoms. The van der Waals surface area contributed by atoms with Gasteiger partial charge in [-0.1, -0.05) is 12.2 Å². The molecule has 2 atom stereocenters. The van der Waals surface area contributed by atoms with Crippen LogP contribution in [-0.2, 0) is 4.74 Å². The van der Waals surface area contributed by atoms with E-state index in [0.29, 0.717) is 12.2 Å². The molecule has 1 aromatic rings. The second-order valence-electron chi connectivity index (χ2n) is 3.28. The number of hydrogen-bond acceptors (Lipinski definition) is 1. The highest BCUT2D eigenvalue weighted by Crippen LogP contribution is 2.46. The summed E-state index contributed by atoms with van der Waals surface area (Å²) in [6.07, 6.45) is 4.89. The molecule has 0 N–H and O–H groups in total. The highest BCUT2D eigenvalue weighted by atomic mass is 79.9. The van der Waals surface area contributed by atoms with Crippen molar-refractivity contribution in [2.24, 2.45) is 0 Å². The second kappa shape index (κ2) is 2.69. The van der Waals surface area contributed by atoms with Gasteiger partial charge in [-0.3, -0.25) is 0 Å². The minimum Gasteiger partial charge on any atom is -0.360 e. The lowest BCUT2D eigenvalue weighted by Gasteiger charge is -2.08. The van der Waals surface area contributed by atoms with Gasteiger partial charge in [-0.25, -0.2) is 0 Å². The molecule has 1 heterocycles. The molecular formula is C10H6Br2O. The lowest BCUT2D eigenvalue weighted by Crippen LogP contribution is -1.95. The first-order valence-corrected chi connectivity index (χ1v) is 5.67. The first kappa shape index (κ1) is 8.21. The average Bonchev–Trinajstić information content (AvgIpc) is 2.86. The van der Waals surface area contributed by atoms with Gasteiger partial charge in [-0.05, 0) is 55.1 Å². The highest BCUT2D eigenvalue weighted by molar-refractivity contribution is 9.13. The summed E-state index contributed by atoms with van der Waals surface area (Å²) in [4.78, 5) is 0. The van der Waals surface area contributed by atoms with Gasteiger partial charge in [0, 0.05) is 8.95 Å². The van der Waals surface area contributed by atoms with Crippen molar-refractivity contribution in [3.05, 3.63) is 38.3 Å². The fourth-order valence-corrected chi connectivity index (χ4v) is 2.41. The molecule has 66 valence electrons. The van der Waals surface area contributed by atoms with Crippen LogP contribution in [0.2, 0.25) is 0 Å². The fraction of sp³-hybridized carbons (Fsp3) is 0.200. The number of rotatable bonds is 0. The summed E-state index contributed by atoms with van der Waals surface area (Å²) in [7, 11) is 0. The summed E-state index contributed by atoms with van der Waals surface area (Å²) in [5.41, 5.74) is 2.55. The van der Waals surface area contributed by atoms with E-state index in [2.05, 4.69) is 56.1 Å². The molecule has 0 amide bonds. The Labute approximate surface area is 93.0 Å². The van der Waals surface area contributed by atoms with Crippen LogP contribution in [0.1, 0.15) is 17.2 Å². The van der Waals surface area contributed by atoms with Gasteiger partial charge in [0.2, 0.25) is 0 Å². The summed E-state index contributed by atoms with van der Waals surface area (Å²) in [5.74, 6) is 0. The summed E-state index contributed by atoms with van der Waals surface area (Å²) >= 11 is 6.98. The Morgan fingerprint density at radius 1 is 1.15 bits per heavy atom. The molecule has 1 aromatic carbocycles. The van der Waals surface area contributed by atoms with Gasteiger partial charge in [0.15, 0.2) is 0 Å². The zero-order chi connectivity index (χ0) is 9.00. The van der Waals surface area contributed by atoms with Crippen LogP contribution in [0.25, 0.3) is 6.08 Å². The predicted octanol–water partition coefficient (Wildman–Crippen LogP) is 3.68. The molecular weight excluding hydrogens is 296 g/mol. The molecule has 1 aliphatic carbocycles. The third kappa shape index (κ3) is 1.22. The van der Waals surface area contributed by atoms with Gasteiger partial charge in [-0.15, -0.1) is 0 Å². The molecule has 1 saturated heterocycles. The maximum Gasteiger partial charge on any atom is 0.114 e. The molecule has 1 aliphatic heterocycles. The van der Waals surface area contributed by atoms with Crippen molar-refractivity contribution in [1.82, 2.24) is 0 Å². The topological polar surface area (TPSA) is 12.5 Å². The number of hydrogen-bond donors (Lipinski definition) is 0. The van der Waals surface area contributed by atoms with Crippen molar-refractivity contribution in [3.8, 4) is 0 Å². The van der Waals surface area contributed by atoms with Crippen molar-refractivity contribution in [3.63, 3.8) is 0 Å². The van der Waals surface area contributed by atoms with Crippen LogP contribution in [0.3, 0.4) is 0 Å². The van der Waals surface area contributed by atoms with E-state index in [1.54, 1.807) is 0 Å². The van der Waals surface area contributed by atoms with E-state index >= 15 is 0 Å². The Hall–Kier alpha value is -0.120. The SMILES string of the molecule is Brc1cc2c(cc1Br)C1OC1C=C2. The quantitative estimate of drug-likeness (QED) is 0.666. The summed E-state index contributed by atoms with van der Waals surface area (Å²) in [6.45, 7) is 0. The van der Waals surface area contributed by atoms with Gasteiger partial charge in [-0.2, -0.15) is 0 Å². The van der Waals surface area contributed by atoms with Crippen LogP contribution in [0, 0.1) is 0 Å². The highest BCUT2D eigenvalue weighted by Gasteiger charge is 2.41. The lowest BCUT2D eigenvalue weighted by molar-refractivity contribution is 0.395. The average molecular weight is 302 g/mol. The van der Waals surface area contributed by atoms with E-state index in [0.717, 1.165) is 8.95 Å². The van der Waals surface area contributed by atoms with Gasteiger partial charge in [0.1, 0.15) is 12.2 Å². The standard InChI is InChI=1S/C10H6Br2O/c11-7-3-5-1-2-9-10(13-9)6(5)4-8(7)12/h1-4,9-10H. The molecule has 0 saturated carbocycles. The van der Waals surface area contributed by atoms with Crippen LogP contribution in [0.5, 0.6) is 0 Å². The molecule has 2 unspecified atom stereocenters. The first-order chi connectivity index (χ1) is 6.25. The third-order valence-electron chi connectivity index (χ3n) is 2.42. The van der Waals surface area contributed by atoms with Crippen molar-refractivity contribution < 1.29 is 4.74 Å². The van der Waals surface area contributed by atoms with Gasteiger partial charge >= 0.3 is 0 Å². The molecule has 0 bridgehead atoms. The summed E-state index contributed by atoms with van der Waals surface area (Å²) in [5, 5.41) is 0. The number of ether oxygens (including phenoxy) is 1. The van der Waals surface area contributed by atoms with Crippen LogP contribution < -0.4 is 0 Å². The zero-order valence-corrected chi connectivity index (χ0v) is 9.80. The largest absolute Gasteiger partial charge is 0.360 e. The lowest BCUT2D eigenvalue weighted by atomic mass is 9.98. The van der Waals surface area contributed by atoms with Gasteiger partial charge in [0.25, 0.3) is 0 Å². The third-order valence-corrected chi connectivity index (χ3v) is 4.27. The van der Waals surface area contributed by atoms with Crippen molar-refractivity contribution in [2.45, 2.75) is 12.2 Å². The normalized spacial score (nSPS) is 28.2. The van der Waals surface area contributed by atoms with Crippen molar-refractivity contribution in [2.75, 3.05) is 0 Å². The molecule has 2 aliphatic rings. The maximum atomic E-state index is 5.48. The van der Waals surface area contributed by atoms with E-state index in [-0.39, 0.29) is 0 Å². The Bertz CT molecular complexity index is 412. The molecule has 3 heteroatoms. The number of epoxide rings is 1. The van der Waals surface area contributed by atoms with Crippen LogP contribution in [0.15, 0.2) is 27.2 Å². The molecule has 0 aromatic heterocycles. The van der Waals surface area contributed by atoms with Crippen molar-refractivity contribution >= 4 is 37.9 Å². The van der Waals surface area contributed by atoms with E-state index in [1.165, 1.54) is 11.1 Å². The fourth-order valence-electron chi connectivity index (χ4n) is 1.69. The van der Waals surface area contributed by atoms with E-state index in [1.807, 2.05) is 0 Å². The van der Waals surface area contributed by atoms with Crippen LogP contribution >= 0.6 is 31.9 Å². The Kier molecular flexibility index (Phi) is 1.70. The molecule has 3 rings (SSSR count). The minimum absolute atomic E-state index is 0.310. The maximum absolute atomic E-state index is 5.48. The number of fused-ring (bicyclic) bond motifs is 3. The Morgan fingerprint density at radius 3 is 2.77 bits per heavy atom. The number of halogens is 2. The first-order valence-electron chi connectivity index (χ1n) is 4.08. The Morgan fingerprint density at radius 2 is 1.92 bits per heavy atom. The number of benzene rings is 1. The Balaban J connectivity index is 2.22. The molecule has 1 fully saturated rings. The predicted molar refractivity (Wildman–Crippen MR) is 58.5 cm³/mol.